The first kappa shape index (κ1) is 13.7. The van der Waals surface area contributed by atoms with Gasteiger partial charge in [-0.2, -0.15) is 0 Å². The van der Waals surface area contributed by atoms with E-state index in [1.807, 2.05) is 0 Å². The average molecular weight is 269 g/mol. The highest BCUT2D eigenvalue weighted by atomic mass is 35.5. The van der Waals surface area contributed by atoms with Crippen molar-refractivity contribution in [1.82, 2.24) is 0 Å². The van der Waals surface area contributed by atoms with Crippen molar-refractivity contribution in [1.29, 1.82) is 0 Å². The third kappa shape index (κ3) is 3.16. The predicted molar refractivity (Wildman–Crippen MR) is 76.6 cm³/mol. The number of hydrogen-bond donors (Lipinski definition) is 1. The molecule has 0 radical (unpaired) electrons. The molecule has 1 heterocycles. The van der Waals surface area contributed by atoms with E-state index in [0.29, 0.717) is 12.5 Å². The molecular weight excluding hydrogens is 248 g/mol. The monoisotopic (exact) mass is 268 g/mol. The molecule has 2 rings (SSSR count). The molecule has 0 saturated carbocycles. The molecule has 1 aliphatic heterocycles. The number of halogens is 1. The molecule has 0 aromatic heterocycles. The maximum atomic E-state index is 6.39. The Kier molecular flexibility index (Phi) is 4.87. The molecule has 18 heavy (non-hydrogen) atoms. The Hall–Kier alpha value is -0.770. The number of benzene rings is 1. The quantitative estimate of drug-likeness (QED) is 0.912. The van der Waals surface area contributed by atoms with Gasteiger partial charge in [-0.15, -0.1) is 0 Å². The molecule has 1 unspecified atom stereocenters. The van der Waals surface area contributed by atoms with Gasteiger partial charge in [0.25, 0.3) is 0 Å². The van der Waals surface area contributed by atoms with Crippen molar-refractivity contribution in [3.8, 4) is 0 Å². The van der Waals surface area contributed by atoms with Crippen molar-refractivity contribution >= 4 is 17.3 Å². The van der Waals surface area contributed by atoms with E-state index >= 15 is 0 Å². The fraction of sp³-hybridized carbons (Fsp3) is 0.571. The van der Waals surface area contributed by atoms with Crippen LogP contribution in [0.15, 0.2) is 18.2 Å². The molecule has 100 valence electrons. The summed E-state index contributed by atoms with van der Waals surface area (Å²) >= 11 is 6.39. The number of ether oxygens (including phenoxy) is 1. The minimum Gasteiger partial charge on any atom is -0.378 e. The van der Waals surface area contributed by atoms with Gasteiger partial charge in [-0.3, -0.25) is 0 Å². The molecule has 1 fully saturated rings. The van der Waals surface area contributed by atoms with E-state index in [-0.39, 0.29) is 0 Å². The zero-order chi connectivity index (χ0) is 13.0. The smallest absolute Gasteiger partial charge is 0.0642 e. The van der Waals surface area contributed by atoms with Crippen LogP contribution < -0.4 is 10.6 Å². The summed E-state index contributed by atoms with van der Waals surface area (Å²) in [6.07, 6.45) is 0.993. The van der Waals surface area contributed by atoms with Crippen LogP contribution in [0.5, 0.6) is 0 Å². The number of nitrogens with two attached hydrogens (primary N) is 1. The van der Waals surface area contributed by atoms with Crippen LogP contribution in [0.25, 0.3) is 0 Å². The van der Waals surface area contributed by atoms with Gasteiger partial charge in [0.1, 0.15) is 0 Å². The molecule has 2 N–H and O–H groups in total. The molecule has 1 aromatic carbocycles. The van der Waals surface area contributed by atoms with Crippen LogP contribution in [0.1, 0.15) is 24.8 Å². The van der Waals surface area contributed by atoms with Crippen molar-refractivity contribution < 1.29 is 4.74 Å². The van der Waals surface area contributed by atoms with Crippen molar-refractivity contribution in [3.05, 3.63) is 28.8 Å². The molecule has 4 heteroatoms. The Morgan fingerprint density at radius 3 is 2.72 bits per heavy atom. The van der Waals surface area contributed by atoms with Crippen LogP contribution >= 0.6 is 11.6 Å². The Labute approximate surface area is 114 Å². The first-order valence-electron chi connectivity index (χ1n) is 6.54. The van der Waals surface area contributed by atoms with Crippen molar-refractivity contribution in [2.75, 3.05) is 37.7 Å². The Morgan fingerprint density at radius 1 is 1.39 bits per heavy atom. The minimum absolute atomic E-state index is 0.464. The zero-order valence-corrected chi connectivity index (χ0v) is 11.6. The fourth-order valence-electron chi connectivity index (χ4n) is 2.31. The minimum atomic E-state index is 0.464. The summed E-state index contributed by atoms with van der Waals surface area (Å²) in [4.78, 5) is 2.28. The molecule has 1 saturated heterocycles. The van der Waals surface area contributed by atoms with Gasteiger partial charge in [0.15, 0.2) is 0 Å². The SMILES string of the molecule is CC(CCN)c1ccc(N2CCOCC2)c(Cl)c1. The van der Waals surface area contributed by atoms with E-state index in [2.05, 4.69) is 30.0 Å². The van der Waals surface area contributed by atoms with E-state index in [4.69, 9.17) is 22.1 Å². The second-order valence-electron chi connectivity index (χ2n) is 4.79. The van der Waals surface area contributed by atoms with E-state index in [0.717, 1.165) is 43.4 Å². The number of rotatable bonds is 4. The number of hydrogen-bond acceptors (Lipinski definition) is 3. The van der Waals surface area contributed by atoms with Crippen LogP contribution in [0.4, 0.5) is 5.69 Å². The van der Waals surface area contributed by atoms with E-state index in [1.165, 1.54) is 5.56 Å². The summed E-state index contributed by atoms with van der Waals surface area (Å²) in [6.45, 7) is 6.29. The molecule has 1 aliphatic rings. The second-order valence-corrected chi connectivity index (χ2v) is 5.20. The van der Waals surface area contributed by atoms with Crippen LogP contribution in [0, 0.1) is 0 Å². The van der Waals surface area contributed by atoms with Gasteiger partial charge in [-0.1, -0.05) is 24.6 Å². The molecule has 0 spiro atoms. The first-order chi connectivity index (χ1) is 8.72. The highest BCUT2D eigenvalue weighted by molar-refractivity contribution is 6.33. The van der Waals surface area contributed by atoms with Gasteiger partial charge in [0, 0.05) is 13.1 Å². The lowest BCUT2D eigenvalue weighted by Gasteiger charge is -2.30. The predicted octanol–water partition coefficient (Wildman–Crippen LogP) is 2.63. The van der Waals surface area contributed by atoms with Gasteiger partial charge >= 0.3 is 0 Å². The lowest BCUT2D eigenvalue weighted by atomic mass is 9.97. The maximum absolute atomic E-state index is 6.39. The highest BCUT2D eigenvalue weighted by Crippen LogP contribution is 2.30. The highest BCUT2D eigenvalue weighted by Gasteiger charge is 2.15. The van der Waals surface area contributed by atoms with E-state index < -0.39 is 0 Å². The standard InChI is InChI=1S/C14H21ClN2O/c1-11(4-5-16)12-2-3-14(13(15)10-12)17-6-8-18-9-7-17/h2-3,10-11H,4-9,16H2,1H3. The molecule has 3 nitrogen and oxygen atoms in total. The fourth-order valence-corrected chi connectivity index (χ4v) is 2.62. The first-order valence-corrected chi connectivity index (χ1v) is 6.92. The average Bonchev–Trinajstić information content (AvgIpc) is 2.40. The molecule has 0 bridgehead atoms. The number of nitrogens with zero attached hydrogens (tertiary/aromatic N) is 1. The molecule has 1 aromatic rings. The lowest BCUT2D eigenvalue weighted by molar-refractivity contribution is 0.122. The Balaban J connectivity index is 2.13. The van der Waals surface area contributed by atoms with Gasteiger partial charge in [-0.05, 0) is 36.6 Å². The van der Waals surface area contributed by atoms with Crippen LogP contribution in [-0.2, 0) is 4.74 Å². The van der Waals surface area contributed by atoms with Crippen LogP contribution in [-0.4, -0.2) is 32.8 Å². The van der Waals surface area contributed by atoms with Crippen molar-refractivity contribution in [3.63, 3.8) is 0 Å². The van der Waals surface area contributed by atoms with E-state index in [9.17, 15) is 0 Å². The number of anilines is 1. The van der Waals surface area contributed by atoms with Crippen molar-refractivity contribution in [2.24, 2.45) is 5.73 Å². The largest absolute Gasteiger partial charge is 0.378 e. The van der Waals surface area contributed by atoms with Crippen LogP contribution in [0.2, 0.25) is 5.02 Å². The molecule has 0 amide bonds. The molecule has 1 atom stereocenters. The third-order valence-corrected chi connectivity index (χ3v) is 3.79. The summed E-state index contributed by atoms with van der Waals surface area (Å²) in [5.74, 6) is 0.464. The lowest BCUT2D eigenvalue weighted by Crippen LogP contribution is -2.36. The molecular formula is C14H21ClN2O. The summed E-state index contributed by atoms with van der Waals surface area (Å²) in [7, 11) is 0. The normalized spacial score (nSPS) is 17.8. The second kappa shape index (κ2) is 6.41. The summed E-state index contributed by atoms with van der Waals surface area (Å²) in [5, 5.41) is 0.832. The van der Waals surface area contributed by atoms with Gasteiger partial charge in [0.05, 0.1) is 23.9 Å². The van der Waals surface area contributed by atoms with Gasteiger partial charge < -0.3 is 15.4 Å². The summed E-state index contributed by atoms with van der Waals surface area (Å²) in [5.41, 5.74) is 7.98. The third-order valence-electron chi connectivity index (χ3n) is 3.49. The van der Waals surface area contributed by atoms with E-state index in [1.54, 1.807) is 0 Å². The van der Waals surface area contributed by atoms with Crippen LogP contribution in [0.3, 0.4) is 0 Å². The zero-order valence-electron chi connectivity index (χ0n) is 10.9. The summed E-state index contributed by atoms with van der Waals surface area (Å²) in [6, 6.07) is 6.36. The summed E-state index contributed by atoms with van der Waals surface area (Å²) < 4.78 is 5.36. The van der Waals surface area contributed by atoms with Crippen molar-refractivity contribution in [2.45, 2.75) is 19.3 Å². The topological polar surface area (TPSA) is 38.5 Å². The Morgan fingerprint density at radius 2 is 2.11 bits per heavy atom. The van der Waals surface area contributed by atoms with Gasteiger partial charge in [-0.25, -0.2) is 0 Å². The van der Waals surface area contributed by atoms with Gasteiger partial charge in [0.2, 0.25) is 0 Å². The Bertz CT molecular complexity index is 391. The molecule has 0 aliphatic carbocycles. The maximum Gasteiger partial charge on any atom is 0.0642 e. The number of morpholine rings is 1.